The molecule has 0 spiro atoms. The zero-order valence-electron chi connectivity index (χ0n) is 11.7. The second-order valence-corrected chi connectivity index (χ2v) is 4.76. The topological polar surface area (TPSA) is 27.4 Å². The molecule has 0 aliphatic rings. The van der Waals surface area contributed by atoms with E-state index in [0.717, 1.165) is 10.3 Å². The lowest BCUT2D eigenvalue weighted by molar-refractivity contribution is -0.833. The molecule has 0 aliphatic heterocycles. The van der Waals surface area contributed by atoms with Crippen LogP contribution in [0.2, 0.25) is 0 Å². The highest BCUT2D eigenvalue weighted by Crippen LogP contribution is 2.31. The average molecular weight is 359 g/mol. The fourth-order valence-electron chi connectivity index (χ4n) is 1.89. The maximum atomic E-state index is 14.3. The minimum Gasteiger partial charge on any atom is -1.00 e. The average Bonchev–Trinajstić information content (AvgIpc) is 2.47. The quantitative estimate of drug-likeness (QED) is 0.734. The number of aliphatic hydroxyl groups excluding tert-OH is 1. The molecule has 0 aliphatic carbocycles. The van der Waals surface area contributed by atoms with Crippen LogP contribution in [-0.4, -0.2) is 19.2 Å². The molecule has 1 atom stereocenters. The van der Waals surface area contributed by atoms with Crippen molar-refractivity contribution in [3.63, 3.8) is 0 Å². The van der Waals surface area contributed by atoms with Crippen LogP contribution in [0.5, 0.6) is 0 Å². The SMILES string of the molecule is CN(C)c1cc[n+](C(F)(F)C(O)c2ccccc2)cc1.[Br-]. The first-order valence-corrected chi connectivity index (χ1v) is 6.23. The van der Waals surface area contributed by atoms with Gasteiger partial charge in [-0.3, -0.25) is 0 Å². The van der Waals surface area contributed by atoms with Crippen molar-refractivity contribution in [2.45, 2.75) is 12.2 Å². The molecule has 0 saturated carbocycles. The molecule has 2 rings (SSSR count). The highest BCUT2D eigenvalue weighted by molar-refractivity contribution is 5.41. The maximum Gasteiger partial charge on any atom is 0.492 e. The van der Waals surface area contributed by atoms with Crippen LogP contribution in [-0.2, 0) is 6.05 Å². The van der Waals surface area contributed by atoms with Crippen LogP contribution in [0, 0.1) is 0 Å². The summed E-state index contributed by atoms with van der Waals surface area (Å²) in [5, 5.41) is 9.90. The second kappa shape index (κ2) is 6.95. The van der Waals surface area contributed by atoms with E-state index in [0.29, 0.717) is 0 Å². The summed E-state index contributed by atoms with van der Waals surface area (Å²) in [5.41, 5.74) is 0.993. The molecule has 114 valence electrons. The van der Waals surface area contributed by atoms with Crippen molar-refractivity contribution in [3.05, 3.63) is 60.4 Å². The number of pyridine rings is 1. The van der Waals surface area contributed by atoms with Gasteiger partial charge >= 0.3 is 6.05 Å². The summed E-state index contributed by atoms with van der Waals surface area (Å²) >= 11 is 0. The number of anilines is 1. The predicted octanol–water partition coefficient (Wildman–Crippen LogP) is -0.673. The number of halogens is 3. The molecule has 0 bridgehead atoms. The Morgan fingerprint density at radius 1 is 1.05 bits per heavy atom. The largest absolute Gasteiger partial charge is 1.00 e. The molecule has 0 amide bonds. The Labute approximate surface area is 133 Å². The Hall–Kier alpha value is -1.53. The number of benzene rings is 1. The first kappa shape index (κ1) is 17.5. The molecule has 1 aromatic carbocycles. The molecular weight excluding hydrogens is 342 g/mol. The number of aliphatic hydroxyl groups is 1. The first-order chi connectivity index (χ1) is 9.43. The molecule has 3 nitrogen and oxygen atoms in total. The number of hydrogen-bond donors (Lipinski definition) is 1. The van der Waals surface area contributed by atoms with Gasteiger partial charge in [0.2, 0.25) is 6.10 Å². The van der Waals surface area contributed by atoms with Gasteiger partial charge in [-0.1, -0.05) is 30.3 Å². The Bertz CT molecular complexity index is 562. The summed E-state index contributed by atoms with van der Waals surface area (Å²) in [6.07, 6.45) is 0.641. The van der Waals surface area contributed by atoms with Crippen LogP contribution in [0.3, 0.4) is 0 Å². The van der Waals surface area contributed by atoms with E-state index in [1.54, 1.807) is 30.3 Å². The van der Waals surface area contributed by atoms with Crippen molar-refractivity contribution < 1.29 is 35.4 Å². The summed E-state index contributed by atoms with van der Waals surface area (Å²) in [4.78, 5) is 1.82. The molecular formula is C15H17BrF2N2O. The van der Waals surface area contributed by atoms with Crippen molar-refractivity contribution in [2.24, 2.45) is 0 Å². The molecule has 2 aromatic rings. The Morgan fingerprint density at radius 2 is 1.57 bits per heavy atom. The minimum absolute atomic E-state index is 0. The summed E-state index contributed by atoms with van der Waals surface area (Å²) in [6.45, 7) is 0. The third kappa shape index (κ3) is 3.77. The van der Waals surface area contributed by atoms with E-state index in [2.05, 4.69) is 0 Å². The smallest absolute Gasteiger partial charge is 0.492 e. The number of aromatic nitrogens is 1. The molecule has 0 radical (unpaired) electrons. The fourth-order valence-corrected chi connectivity index (χ4v) is 1.89. The van der Waals surface area contributed by atoms with Gasteiger partial charge in [0.15, 0.2) is 12.4 Å². The molecule has 21 heavy (non-hydrogen) atoms. The normalized spacial score (nSPS) is 12.4. The van der Waals surface area contributed by atoms with Crippen molar-refractivity contribution in [2.75, 3.05) is 19.0 Å². The lowest BCUT2D eigenvalue weighted by Crippen LogP contribution is -3.00. The minimum atomic E-state index is -3.41. The molecule has 1 unspecified atom stereocenters. The van der Waals surface area contributed by atoms with E-state index in [1.165, 1.54) is 24.5 Å². The van der Waals surface area contributed by atoms with E-state index in [-0.39, 0.29) is 22.5 Å². The maximum absolute atomic E-state index is 14.3. The third-order valence-electron chi connectivity index (χ3n) is 3.12. The molecule has 0 saturated heterocycles. The lowest BCUT2D eigenvalue weighted by Gasteiger charge is -2.18. The van der Waals surface area contributed by atoms with Gasteiger partial charge in [0, 0.05) is 31.9 Å². The van der Waals surface area contributed by atoms with Gasteiger partial charge in [-0.25, -0.2) is 0 Å². The molecule has 1 N–H and O–H groups in total. The van der Waals surface area contributed by atoms with Crippen LogP contribution >= 0.6 is 0 Å². The van der Waals surface area contributed by atoms with Crippen LogP contribution in [0.1, 0.15) is 11.7 Å². The van der Waals surface area contributed by atoms with Gasteiger partial charge in [0.1, 0.15) is 0 Å². The van der Waals surface area contributed by atoms with Gasteiger partial charge in [0.25, 0.3) is 0 Å². The summed E-state index contributed by atoms with van der Waals surface area (Å²) in [7, 11) is 3.66. The molecule has 0 fully saturated rings. The van der Waals surface area contributed by atoms with E-state index in [1.807, 2.05) is 19.0 Å². The van der Waals surface area contributed by atoms with Crippen molar-refractivity contribution in [1.29, 1.82) is 0 Å². The van der Waals surface area contributed by atoms with Crippen molar-refractivity contribution in [3.8, 4) is 0 Å². The third-order valence-corrected chi connectivity index (χ3v) is 3.12. The van der Waals surface area contributed by atoms with Crippen LogP contribution in [0.15, 0.2) is 54.9 Å². The molecule has 1 heterocycles. The zero-order chi connectivity index (χ0) is 14.8. The highest BCUT2D eigenvalue weighted by Gasteiger charge is 2.49. The van der Waals surface area contributed by atoms with Crippen LogP contribution in [0.4, 0.5) is 14.5 Å². The van der Waals surface area contributed by atoms with Crippen molar-refractivity contribution in [1.82, 2.24) is 0 Å². The Balaban J connectivity index is 0.00000220. The molecule has 1 aromatic heterocycles. The highest BCUT2D eigenvalue weighted by atomic mass is 79.9. The Morgan fingerprint density at radius 3 is 2.05 bits per heavy atom. The Kier molecular flexibility index (Phi) is 5.80. The van der Waals surface area contributed by atoms with E-state index in [4.69, 9.17) is 0 Å². The monoisotopic (exact) mass is 358 g/mol. The molecule has 6 heteroatoms. The zero-order valence-corrected chi connectivity index (χ0v) is 13.3. The number of rotatable bonds is 4. The summed E-state index contributed by atoms with van der Waals surface area (Å²) in [5.74, 6) is 0. The second-order valence-electron chi connectivity index (χ2n) is 4.76. The van der Waals surface area contributed by atoms with E-state index >= 15 is 0 Å². The fraction of sp³-hybridized carbons (Fsp3) is 0.267. The van der Waals surface area contributed by atoms with Gasteiger partial charge in [0.05, 0.1) is 0 Å². The predicted molar refractivity (Wildman–Crippen MR) is 72.6 cm³/mol. The van der Waals surface area contributed by atoms with Crippen molar-refractivity contribution >= 4 is 5.69 Å². The van der Waals surface area contributed by atoms with Gasteiger partial charge in [-0.15, -0.1) is 13.3 Å². The van der Waals surface area contributed by atoms with E-state index < -0.39 is 12.2 Å². The number of hydrogen-bond acceptors (Lipinski definition) is 2. The number of nitrogens with zero attached hydrogens (tertiary/aromatic N) is 2. The van der Waals surface area contributed by atoms with Gasteiger partial charge in [-0.2, -0.15) is 0 Å². The van der Waals surface area contributed by atoms with Crippen LogP contribution < -0.4 is 26.4 Å². The summed E-state index contributed by atoms with van der Waals surface area (Å²) in [6, 6.07) is 7.65. The van der Waals surface area contributed by atoms with Gasteiger partial charge < -0.3 is 27.0 Å². The van der Waals surface area contributed by atoms with E-state index in [9.17, 15) is 13.9 Å². The van der Waals surface area contributed by atoms with Gasteiger partial charge in [-0.05, 0) is 5.56 Å². The summed E-state index contributed by atoms with van der Waals surface area (Å²) < 4.78 is 29.3. The van der Waals surface area contributed by atoms with Crippen LogP contribution in [0.25, 0.3) is 0 Å². The number of alkyl halides is 2. The standard InChI is InChI=1S/C15H17F2N2O.BrH/c1-18(2)13-8-10-19(11-9-13)15(16,17)14(20)12-6-4-3-5-7-12;/h3-11,14,20H,1-2H3;1H/q+1;/p-1. The lowest BCUT2D eigenvalue weighted by atomic mass is 10.1. The first-order valence-electron chi connectivity index (χ1n) is 6.23.